The molecule has 1 fully saturated rings. The third-order valence-electron chi connectivity index (χ3n) is 4.43. The van der Waals surface area contributed by atoms with Gasteiger partial charge >= 0.3 is 0 Å². The van der Waals surface area contributed by atoms with E-state index in [1.165, 1.54) is 6.33 Å². The van der Waals surface area contributed by atoms with Gasteiger partial charge in [0.05, 0.1) is 11.1 Å². The van der Waals surface area contributed by atoms with Crippen molar-refractivity contribution in [1.82, 2.24) is 25.1 Å². The Bertz CT molecular complexity index is 748. The topological polar surface area (TPSA) is 73.4 Å². The van der Waals surface area contributed by atoms with Gasteiger partial charge in [0.15, 0.2) is 0 Å². The Balaban J connectivity index is 0.00000243. The molecule has 1 aromatic carbocycles. The summed E-state index contributed by atoms with van der Waals surface area (Å²) in [5.41, 5.74) is 1.29. The molecule has 0 unspecified atom stereocenters. The molecule has 1 saturated heterocycles. The van der Waals surface area contributed by atoms with Crippen molar-refractivity contribution in [2.75, 3.05) is 52.1 Å². The Morgan fingerprint density at radius 3 is 2.73 bits per heavy atom. The lowest BCUT2D eigenvalue weighted by Gasteiger charge is -2.30. The smallest absolute Gasteiger partial charge is 0.255 e. The normalized spacial score (nSPS) is 16.0. The van der Waals surface area contributed by atoms with Crippen LogP contribution in [0.3, 0.4) is 0 Å². The Labute approximate surface area is 160 Å². The number of para-hydroxylation sites is 1. The first-order valence-electron chi connectivity index (χ1n) is 8.71. The first-order valence-corrected chi connectivity index (χ1v) is 8.71. The summed E-state index contributed by atoms with van der Waals surface area (Å²) in [7, 11) is 3.49. The summed E-state index contributed by atoms with van der Waals surface area (Å²) in [5.74, 6) is 0.727. The van der Waals surface area contributed by atoms with Crippen molar-refractivity contribution in [3.8, 4) is 0 Å². The molecule has 2 heterocycles. The maximum absolute atomic E-state index is 12.4. The maximum atomic E-state index is 12.4. The van der Waals surface area contributed by atoms with Crippen LogP contribution in [-0.2, 0) is 0 Å². The van der Waals surface area contributed by atoms with E-state index in [-0.39, 0.29) is 24.4 Å². The van der Waals surface area contributed by atoms with Crippen molar-refractivity contribution in [2.45, 2.75) is 13.0 Å². The van der Waals surface area contributed by atoms with Gasteiger partial charge in [-0.3, -0.25) is 9.69 Å². The molecule has 3 rings (SSSR count). The Morgan fingerprint density at radius 2 is 2.04 bits per heavy atom. The fourth-order valence-electron chi connectivity index (χ4n) is 3.18. The van der Waals surface area contributed by atoms with Crippen LogP contribution in [0.4, 0.5) is 5.82 Å². The van der Waals surface area contributed by atoms with E-state index in [4.69, 9.17) is 0 Å². The van der Waals surface area contributed by atoms with Gasteiger partial charge in [-0.1, -0.05) is 6.07 Å². The van der Waals surface area contributed by atoms with Crippen molar-refractivity contribution >= 4 is 35.0 Å². The van der Waals surface area contributed by atoms with Gasteiger partial charge in [0.2, 0.25) is 0 Å². The van der Waals surface area contributed by atoms with E-state index in [9.17, 15) is 4.79 Å². The first kappa shape index (κ1) is 20.4. The molecule has 0 spiro atoms. The fraction of sp³-hybridized carbons (Fsp3) is 0.500. The number of amides is 1. The number of aromatic nitrogens is 2. The monoisotopic (exact) mass is 378 g/mol. The molecular weight excluding hydrogens is 352 g/mol. The number of anilines is 1. The molecule has 26 heavy (non-hydrogen) atoms. The van der Waals surface area contributed by atoms with Gasteiger partial charge in [0.25, 0.3) is 5.91 Å². The molecular formula is C18H27ClN6O. The molecule has 2 aromatic rings. The number of hydrogen-bond acceptors (Lipinski definition) is 6. The summed E-state index contributed by atoms with van der Waals surface area (Å²) in [6, 6.07) is 5.91. The van der Waals surface area contributed by atoms with E-state index < -0.39 is 0 Å². The SMILES string of the molecule is C[C@@H](CN1CCNCC1)Nc1ncnc2c(C(=O)N(C)C)cccc12.Cl. The molecule has 1 aromatic heterocycles. The summed E-state index contributed by atoms with van der Waals surface area (Å²) < 4.78 is 0. The summed E-state index contributed by atoms with van der Waals surface area (Å²) in [6.45, 7) is 7.34. The molecule has 2 N–H and O–H groups in total. The third-order valence-corrected chi connectivity index (χ3v) is 4.43. The highest BCUT2D eigenvalue weighted by Gasteiger charge is 2.17. The number of rotatable bonds is 5. The van der Waals surface area contributed by atoms with Gasteiger partial charge in [-0.2, -0.15) is 0 Å². The average Bonchev–Trinajstić information content (AvgIpc) is 2.61. The number of nitrogens with zero attached hydrogens (tertiary/aromatic N) is 4. The number of fused-ring (bicyclic) bond motifs is 1. The molecule has 1 amide bonds. The predicted molar refractivity (Wildman–Crippen MR) is 107 cm³/mol. The van der Waals surface area contributed by atoms with E-state index in [0.717, 1.165) is 43.9 Å². The molecule has 0 saturated carbocycles. The van der Waals surface area contributed by atoms with Gasteiger partial charge in [0.1, 0.15) is 12.1 Å². The molecule has 7 nitrogen and oxygen atoms in total. The zero-order valence-corrected chi connectivity index (χ0v) is 16.3. The predicted octanol–water partition coefficient (Wildman–Crippen LogP) is 1.46. The van der Waals surface area contributed by atoms with Gasteiger partial charge in [-0.15, -0.1) is 12.4 Å². The molecule has 8 heteroatoms. The number of carbonyl (C=O) groups is 1. The summed E-state index contributed by atoms with van der Waals surface area (Å²) in [4.78, 5) is 25.2. The number of benzene rings is 1. The van der Waals surface area contributed by atoms with Gasteiger partial charge in [0, 0.05) is 58.2 Å². The Morgan fingerprint density at radius 1 is 1.31 bits per heavy atom. The zero-order chi connectivity index (χ0) is 17.8. The number of nitrogens with one attached hydrogen (secondary N) is 2. The number of hydrogen-bond donors (Lipinski definition) is 2. The van der Waals surface area contributed by atoms with E-state index in [0.29, 0.717) is 11.1 Å². The number of piperazine rings is 1. The molecule has 142 valence electrons. The van der Waals surface area contributed by atoms with Crippen LogP contribution in [0.2, 0.25) is 0 Å². The summed E-state index contributed by atoms with van der Waals surface area (Å²) in [5, 5.41) is 7.74. The number of carbonyl (C=O) groups excluding carboxylic acids is 1. The second kappa shape index (κ2) is 9.12. The molecule has 0 bridgehead atoms. The first-order chi connectivity index (χ1) is 12.1. The second-order valence-corrected chi connectivity index (χ2v) is 6.72. The standard InChI is InChI=1S/C18H26N6O.ClH/c1-13(11-24-9-7-19-8-10-24)22-17-14-5-4-6-15(18(25)23(2)3)16(14)20-12-21-17;/h4-6,12-13,19H,7-11H2,1-3H3,(H,20,21,22);1H/t13-;/m0./s1. The van der Waals surface area contributed by atoms with Gasteiger partial charge in [-0.05, 0) is 19.1 Å². The highest BCUT2D eigenvalue weighted by Crippen LogP contribution is 2.23. The lowest BCUT2D eigenvalue weighted by molar-refractivity contribution is 0.0829. The minimum atomic E-state index is -0.0517. The quantitative estimate of drug-likeness (QED) is 0.820. The molecule has 0 radical (unpaired) electrons. The Hall–Kier alpha value is -1.96. The van der Waals surface area contributed by atoms with E-state index in [1.54, 1.807) is 19.0 Å². The average molecular weight is 379 g/mol. The van der Waals surface area contributed by atoms with Crippen LogP contribution < -0.4 is 10.6 Å². The highest BCUT2D eigenvalue weighted by molar-refractivity contribution is 6.07. The fourth-order valence-corrected chi connectivity index (χ4v) is 3.18. The molecule has 1 aliphatic rings. The van der Waals surface area contributed by atoms with E-state index in [1.807, 2.05) is 18.2 Å². The van der Waals surface area contributed by atoms with Crippen molar-refractivity contribution in [1.29, 1.82) is 0 Å². The Kier molecular flexibility index (Phi) is 7.14. The minimum absolute atomic E-state index is 0. The highest BCUT2D eigenvalue weighted by atomic mass is 35.5. The van der Waals surface area contributed by atoms with Crippen LogP contribution in [0.25, 0.3) is 10.9 Å². The third kappa shape index (κ3) is 4.60. The van der Waals surface area contributed by atoms with Crippen molar-refractivity contribution in [2.24, 2.45) is 0 Å². The molecule has 0 aliphatic carbocycles. The van der Waals surface area contributed by atoms with Crippen LogP contribution in [0.1, 0.15) is 17.3 Å². The number of halogens is 1. The van der Waals surface area contributed by atoms with Crippen LogP contribution in [0, 0.1) is 0 Å². The second-order valence-electron chi connectivity index (χ2n) is 6.72. The zero-order valence-electron chi connectivity index (χ0n) is 15.5. The van der Waals surface area contributed by atoms with Gasteiger partial charge in [-0.25, -0.2) is 9.97 Å². The van der Waals surface area contributed by atoms with Crippen molar-refractivity contribution in [3.05, 3.63) is 30.1 Å². The van der Waals surface area contributed by atoms with Gasteiger partial charge < -0.3 is 15.5 Å². The lowest BCUT2D eigenvalue weighted by atomic mass is 10.1. The lowest BCUT2D eigenvalue weighted by Crippen LogP contribution is -2.47. The van der Waals surface area contributed by atoms with Crippen molar-refractivity contribution in [3.63, 3.8) is 0 Å². The van der Waals surface area contributed by atoms with Crippen LogP contribution >= 0.6 is 12.4 Å². The summed E-state index contributed by atoms with van der Waals surface area (Å²) >= 11 is 0. The van der Waals surface area contributed by atoms with Crippen molar-refractivity contribution < 1.29 is 4.79 Å². The van der Waals surface area contributed by atoms with Crippen LogP contribution in [0.15, 0.2) is 24.5 Å². The maximum Gasteiger partial charge on any atom is 0.255 e. The van der Waals surface area contributed by atoms with Crippen LogP contribution in [0.5, 0.6) is 0 Å². The largest absolute Gasteiger partial charge is 0.366 e. The summed E-state index contributed by atoms with van der Waals surface area (Å²) in [6.07, 6.45) is 1.52. The van der Waals surface area contributed by atoms with E-state index >= 15 is 0 Å². The minimum Gasteiger partial charge on any atom is -0.366 e. The molecule has 1 atom stereocenters. The molecule has 1 aliphatic heterocycles. The van der Waals surface area contributed by atoms with E-state index in [2.05, 4.69) is 32.4 Å². The van der Waals surface area contributed by atoms with Crippen LogP contribution in [-0.4, -0.2) is 78.5 Å².